The van der Waals surface area contributed by atoms with Crippen LogP contribution < -0.4 is 0 Å². The molecule has 5 heteroatoms. The Bertz CT molecular complexity index is 462. The van der Waals surface area contributed by atoms with Gasteiger partial charge < -0.3 is 14.5 Å². The lowest BCUT2D eigenvalue weighted by atomic mass is 9.93. The average molecular weight is 336 g/mol. The van der Waals surface area contributed by atoms with Crippen LogP contribution in [0.1, 0.15) is 46.5 Å². The van der Waals surface area contributed by atoms with Gasteiger partial charge in [-0.05, 0) is 65.0 Å². The van der Waals surface area contributed by atoms with E-state index in [4.69, 9.17) is 4.74 Å². The Hall–Kier alpha value is -1.36. The molecular formula is C19H32N2O3. The predicted molar refractivity (Wildman–Crippen MR) is 94.5 cm³/mol. The normalized spacial score (nSPS) is 23.8. The van der Waals surface area contributed by atoms with Crippen molar-refractivity contribution in [1.29, 1.82) is 0 Å². The summed E-state index contributed by atoms with van der Waals surface area (Å²) in [5.41, 5.74) is -0.413. The second-order valence-corrected chi connectivity index (χ2v) is 8.10. The van der Waals surface area contributed by atoms with Crippen LogP contribution in [0.15, 0.2) is 12.7 Å². The van der Waals surface area contributed by atoms with Gasteiger partial charge in [0.2, 0.25) is 5.91 Å². The number of nitrogens with zero attached hydrogens (tertiary/aromatic N) is 2. The average Bonchev–Trinajstić information content (AvgIpc) is 2.53. The molecule has 0 saturated carbocycles. The van der Waals surface area contributed by atoms with Gasteiger partial charge in [-0.25, -0.2) is 0 Å². The number of rotatable bonds is 4. The number of ether oxygens (including phenoxy) is 1. The Morgan fingerprint density at radius 2 is 1.83 bits per heavy atom. The molecule has 2 aliphatic rings. The minimum atomic E-state index is -0.413. The largest absolute Gasteiger partial charge is 0.460 e. The maximum Gasteiger partial charge on any atom is 0.310 e. The Kier molecular flexibility index (Phi) is 6.44. The molecular weight excluding hydrogens is 304 g/mol. The van der Waals surface area contributed by atoms with Gasteiger partial charge in [0.15, 0.2) is 0 Å². The van der Waals surface area contributed by atoms with E-state index in [2.05, 4.69) is 11.5 Å². The summed E-state index contributed by atoms with van der Waals surface area (Å²) < 4.78 is 5.55. The second-order valence-electron chi connectivity index (χ2n) is 8.10. The van der Waals surface area contributed by atoms with Gasteiger partial charge in [-0.15, -0.1) is 0 Å². The molecule has 0 aliphatic carbocycles. The fraction of sp³-hybridized carbons (Fsp3) is 0.789. The first-order valence-electron chi connectivity index (χ1n) is 9.15. The summed E-state index contributed by atoms with van der Waals surface area (Å²) in [6.45, 7) is 13.8. The van der Waals surface area contributed by atoms with Crippen molar-refractivity contribution in [2.24, 2.45) is 11.8 Å². The molecule has 0 unspecified atom stereocenters. The Morgan fingerprint density at radius 3 is 2.42 bits per heavy atom. The van der Waals surface area contributed by atoms with E-state index in [0.29, 0.717) is 5.92 Å². The fourth-order valence-corrected chi connectivity index (χ4v) is 3.63. The smallest absolute Gasteiger partial charge is 0.310 e. The maximum absolute atomic E-state index is 12.3. The molecule has 24 heavy (non-hydrogen) atoms. The van der Waals surface area contributed by atoms with E-state index >= 15 is 0 Å². The third kappa shape index (κ3) is 5.62. The molecule has 0 bridgehead atoms. The molecule has 1 atom stereocenters. The van der Waals surface area contributed by atoms with Gasteiger partial charge in [0.05, 0.1) is 5.92 Å². The van der Waals surface area contributed by atoms with Gasteiger partial charge in [-0.3, -0.25) is 9.59 Å². The molecule has 2 heterocycles. The lowest BCUT2D eigenvalue weighted by Crippen LogP contribution is -2.45. The highest BCUT2D eigenvalue weighted by Crippen LogP contribution is 2.24. The van der Waals surface area contributed by atoms with Crippen LogP contribution in [-0.2, 0) is 14.3 Å². The van der Waals surface area contributed by atoms with E-state index in [1.54, 1.807) is 0 Å². The van der Waals surface area contributed by atoms with Crippen molar-refractivity contribution in [2.45, 2.75) is 52.1 Å². The van der Waals surface area contributed by atoms with E-state index in [1.165, 1.54) is 6.08 Å². The number of piperidine rings is 2. The van der Waals surface area contributed by atoms with Crippen molar-refractivity contribution in [3.63, 3.8) is 0 Å². The third-order valence-corrected chi connectivity index (χ3v) is 4.86. The highest BCUT2D eigenvalue weighted by molar-refractivity contribution is 5.87. The van der Waals surface area contributed by atoms with Crippen LogP contribution in [0.5, 0.6) is 0 Å². The lowest BCUT2D eigenvalue weighted by molar-refractivity contribution is -0.162. The summed E-state index contributed by atoms with van der Waals surface area (Å²) in [5, 5.41) is 0. The molecule has 0 aromatic heterocycles. The molecule has 0 N–H and O–H groups in total. The standard InChI is InChI=1S/C19H32N2O3/c1-5-17(22)21-11-8-15(9-12-21)13-20-10-6-7-16(14-20)18(23)24-19(2,3)4/h5,15-16H,1,6-14H2,2-4H3/t16-/m1/s1. The molecule has 136 valence electrons. The van der Waals surface area contributed by atoms with Crippen molar-refractivity contribution < 1.29 is 14.3 Å². The minimum absolute atomic E-state index is 0.000377. The molecule has 2 rings (SSSR count). The van der Waals surface area contributed by atoms with E-state index in [9.17, 15) is 9.59 Å². The molecule has 0 radical (unpaired) electrons. The number of carbonyl (C=O) groups is 2. The van der Waals surface area contributed by atoms with Gasteiger partial charge in [0, 0.05) is 26.2 Å². The van der Waals surface area contributed by atoms with Crippen LogP contribution in [0.25, 0.3) is 0 Å². The van der Waals surface area contributed by atoms with Gasteiger partial charge in [-0.2, -0.15) is 0 Å². The molecule has 0 spiro atoms. The number of esters is 1. The van der Waals surface area contributed by atoms with Crippen molar-refractivity contribution in [3.05, 3.63) is 12.7 Å². The molecule has 1 amide bonds. The van der Waals surface area contributed by atoms with Gasteiger partial charge in [-0.1, -0.05) is 6.58 Å². The summed E-state index contributed by atoms with van der Waals surface area (Å²) in [6, 6.07) is 0. The lowest BCUT2D eigenvalue weighted by Gasteiger charge is -2.37. The summed E-state index contributed by atoms with van der Waals surface area (Å²) in [6.07, 6.45) is 5.45. The molecule has 2 saturated heterocycles. The van der Waals surface area contributed by atoms with Crippen molar-refractivity contribution in [3.8, 4) is 0 Å². The zero-order valence-corrected chi connectivity index (χ0v) is 15.4. The van der Waals surface area contributed by atoms with E-state index < -0.39 is 5.60 Å². The van der Waals surface area contributed by atoms with Crippen LogP contribution in [0.3, 0.4) is 0 Å². The summed E-state index contributed by atoms with van der Waals surface area (Å²) >= 11 is 0. The first kappa shape index (κ1) is 19.0. The molecule has 0 aromatic rings. The first-order valence-corrected chi connectivity index (χ1v) is 9.15. The predicted octanol–water partition coefficient (Wildman–Crippen LogP) is 2.46. The Labute approximate surface area is 146 Å². The maximum atomic E-state index is 12.3. The number of hydrogen-bond acceptors (Lipinski definition) is 4. The molecule has 2 fully saturated rings. The van der Waals surface area contributed by atoms with E-state index in [0.717, 1.165) is 58.4 Å². The van der Waals surface area contributed by atoms with Crippen LogP contribution in [0.2, 0.25) is 0 Å². The number of hydrogen-bond donors (Lipinski definition) is 0. The van der Waals surface area contributed by atoms with Crippen LogP contribution in [0, 0.1) is 11.8 Å². The zero-order valence-electron chi connectivity index (χ0n) is 15.4. The van der Waals surface area contributed by atoms with Gasteiger partial charge in [0.25, 0.3) is 0 Å². The zero-order chi connectivity index (χ0) is 17.7. The SMILES string of the molecule is C=CC(=O)N1CCC(CN2CCC[C@@H](C(=O)OC(C)(C)C)C2)CC1. The molecule has 5 nitrogen and oxygen atoms in total. The van der Waals surface area contributed by atoms with Crippen molar-refractivity contribution >= 4 is 11.9 Å². The van der Waals surface area contributed by atoms with Crippen LogP contribution >= 0.6 is 0 Å². The number of carbonyl (C=O) groups excluding carboxylic acids is 2. The Balaban J connectivity index is 1.78. The summed E-state index contributed by atoms with van der Waals surface area (Å²) in [7, 11) is 0. The van der Waals surface area contributed by atoms with Crippen LogP contribution in [-0.4, -0.2) is 60.0 Å². The minimum Gasteiger partial charge on any atom is -0.460 e. The fourth-order valence-electron chi connectivity index (χ4n) is 3.63. The number of likely N-dealkylation sites (tertiary alicyclic amines) is 2. The van der Waals surface area contributed by atoms with E-state index in [-0.39, 0.29) is 17.8 Å². The topological polar surface area (TPSA) is 49.9 Å². The quantitative estimate of drug-likeness (QED) is 0.584. The van der Waals surface area contributed by atoms with E-state index in [1.807, 2.05) is 25.7 Å². The Morgan fingerprint density at radius 1 is 1.17 bits per heavy atom. The van der Waals surface area contributed by atoms with Crippen LogP contribution in [0.4, 0.5) is 0 Å². The summed E-state index contributed by atoms with van der Waals surface area (Å²) in [4.78, 5) is 28.2. The molecule has 0 aromatic carbocycles. The van der Waals surface area contributed by atoms with Gasteiger partial charge in [0.1, 0.15) is 5.60 Å². The highest BCUT2D eigenvalue weighted by Gasteiger charge is 2.31. The van der Waals surface area contributed by atoms with Crippen molar-refractivity contribution in [2.75, 3.05) is 32.7 Å². The molecule has 2 aliphatic heterocycles. The summed E-state index contributed by atoms with van der Waals surface area (Å²) in [5.74, 6) is 0.590. The third-order valence-electron chi connectivity index (χ3n) is 4.86. The first-order chi connectivity index (χ1) is 11.3. The van der Waals surface area contributed by atoms with Gasteiger partial charge >= 0.3 is 5.97 Å². The second kappa shape index (κ2) is 8.15. The van der Waals surface area contributed by atoms with Crippen molar-refractivity contribution in [1.82, 2.24) is 9.80 Å². The highest BCUT2D eigenvalue weighted by atomic mass is 16.6. The monoisotopic (exact) mass is 336 g/mol. The number of amides is 1.